The van der Waals surface area contributed by atoms with Crippen LogP contribution in [0.1, 0.15) is 44.7 Å². The summed E-state index contributed by atoms with van der Waals surface area (Å²) < 4.78 is 0. The number of aromatic carboxylic acids is 2. The average Bonchev–Trinajstić information content (AvgIpc) is 2.48. The molecule has 2 rings (SSSR count). The van der Waals surface area contributed by atoms with Gasteiger partial charge in [0.15, 0.2) is 0 Å². The highest BCUT2D eigenvalue weighted by atomic mass is 35.5. The molecule has 0 aromatic heterocycles. The zero-order valence-electron chi connectivity index (χ0n) is 11.9. The van der Waals surface area contributed by atoms with Crippen molar-refractivity contribution in [3.8, 4) is 0 Å². The van der Waals surface area contributed by atoms with Crippen LogP contribution >= 0.6 is 11.6 Å². The topological polar surface area (TPSA) is 74.6 Å². The molecule has 1 atom stereocenters. The molecule has 114 valence electrons. The van der Waals surface area contributed by atoms with Crippen LogP contribution in [-0.4, -0.2) is 22.2 Å². The fraction of sp³-hybridized carbons (Fsp3) is 0.176. The van der Waals surface area contributed by atoms with Gasteiger partial charge in [-0.15, -0.1) is 0 Å². The maximum atomic E-state index is 11.5. The third kappa shape index (κ3) is 3.46. The first-order valence-electron chi connectivity index (χ1n) is 6.74. The van der Waals surface area contributed by atoms with Crippen molar-refractivity contribution in [1.82, 2.24) is 0 Å². The molecule has 0 aliphatic carbocycles. The van der Waals surface area contributed by atoms with Crippen molar-refractivity contribution in [2.75, 3.05) is 0 Å². The zero-order valence-corrected chi connectivity index (χ0v) is 12.7. The van der Waals surface area contributed by atoms with Gasteiger partial charge >= 0.3 is 11.9 Å². The molecule has 2 aromatic rings. The van der Waals surface area contributed by atoms with E-state index in [1.165, 1.54) is 6.07 Å². The molecular weight excluding hydrogens is 304 g/mol. The van der Waals surface area contributed by atoms with Crippen molar-refractivity contribution in [2.24, 2.45) is 0 Å². The van der Waals surface area contributed by atoms with Gasteiger partial charge in [-0.05, 0) is 41.7 Å². The van der Waals surface area contributed by atoms with E-state index >= 15 is 0 Å². The van der Waals surface area contributed by atoms with Crippen LogP contribution in [0.5, 0.6) is 0 Å². The Morgan fingerprint density at radius 2 is 1.68 bits per heavy atom. The lowest BCUT2D eigenvalue weighted by Crippen LogP contribution is -2.13. The van der Waals surface area contributed by atoms with E-state index < -0.39 is 11.9 Å². The van der Waals surface area contributed by atoms with Crippen molar-refractivity contribution in [2.45, 2.75) is 19.3 Å². The summed E-state index contributed by atoms with van der Waals surface area (Å²) in [6.07, 6.45) is 0.598. The van der Waals surface area contributed by atoms with Gasteiger partial charge in [0.1, 0.15) is 0 Å². The molecule has 5 heteroatoms. The molecule has 1 unspecified atom stereocenters. The molecular formula is C17H15ClO4. The van der Waals surface area contributed by atoms with Gasteiger partial charge in [0, 0.05) is 5.02 Å². The molecule has 2 N–H and O–H groups in total. The van der Waals surface area contributed by atoms with E-state index in [2.05, 4.69) is 0 Å². The lowest BCUT2D eigenvalue weighted by Gasteiger charge is -2.16. The number of carboxylic acid groups (broad SMARTS) is 2. The number of carboxylic acids is 2. The number of rotatable bonds is 5. The number of halogens is 1. The van der Waals surface area contributed by atoms with Gasteiger partial charge in [-0.3, -0.25) is 0 Å². The van der Waals surface area contributed by atoms with Crippen LogP contribution in [0.4, 0.5) is 0 Å². The first kappa shape index (κ1) is 16.0. The fourth-order valence-electron chi connectivity index (χ4n) is 2.48. The highest BCUT2D eigenvalue weighted by Crippen LogP contribution is 2.27. The van der Waals surface area contributed by atoms with Crippen molar-refractivity contribution >= 4 is 23.5 Å². The Morgan fingerprint density at radius 1 is 1.05 bits per heavy atom. The summed E-state index contributed by atoms with van der Waals surface area (Å²) in [7, 11) is 0. The van der Waals surface area contributed by atoms with E-state index in [9.17, 15) is 14.7 Å². The molecule has 4 nitrogen and oxygen atoms in total. The highest BCUT2D eigenvalue weighted by molar-refractivity contribution is 6.30. The van der Waals surface area contributed by atoms with Gasteiger partial charge in [0.2, 0.25) is 0 Å². The van der Waals surface area contributed by atoms with E-state index in [0.717, 1.165) is 5.56 Å². The molecule has 22 heavy (non-hydrogen) atoms. The molecule has 0 fully saturated rings. The predicted octanol–water partition coefficient (Wildman–Crippen LogP) is 4.08. The summed E-state index contributed by atoms with van der Waals surface area (Å²) in [6.45, 7) is 1.88. The number of hydrogen-bond acceptors (Lipinski definition) is 2. The summed E-state index contributed by atoms with van der Waals surface area (Å²) in [5, 5.41) is 19.2. The van der Waals surface area contributed by atoms with Crippen molar-refractivity contribution < 1.29 is 19.8 Å². The van der Waals surface area contributed by atoms with Crippen LogP contribution in [0.25, 0.3) is 0 Å². The predicted molar refractivity (Wildman–Crippen MR) is 83.9 cm³/mol. The summed E-state index contributed by atoms with van der Waals surface area (Å²) in [5.74, 6) is -2.60. The Balaban J connectivity index is 2.38. The number of benzene rings is 2. The minimum Gasteiger partial charge on any atom is -0.478 e. The van der Waals surface area contributed by atoms with Gasteiger partial charge in [0.25, 0.3) is 0 Å². The SMILES string of the molecule is CC(Cc1ccc(Cl)cc1)c1cccc(C(=O)O)c1C(=O)O. The van der Waals surface area contributed by atoms with E-state index in [0.29, 0.717) is 17.0 Å². The second-order valence-electron chi connectivity index (χ2n) is 5.11. The Kier molecular flexibility index (Phi) is 4.83. The quantitative estimate of drug-likeness (QED) is 0.871. The summed E-state index contributed by atoms with van der Waals surface area (Å²) in [6, 6.07) is 11.8. The zero-order chi connectivity index (χ0) is 16.3. The number of carbonyl (C=O) groups is 2. The molecule has 0 spiro atoms. The molecule has 0 saturated carbocycles. The second kappa shape index (κ2) is 6.62. The maximum Gasteiger partial charge on any atom is 0.336 e. The van der Waals surface area contributed by atoms with E-state index in [4.69, 9.17) is 16.7 Å². The molecule has 0 radical (unpaired) electrons. The van der Waals surface area contributed by atoms with Crippen LogP contribution in [-0.2, 0) is 6.42 Å². The van der Waals surface area contributed by atoms with E-state index in [1.807, 2.05) is 19.1 Å². The summed E-state index contributed by atoms with van der Waals surface area (Å²) in [4.78, 5) is 22.7. The lowest BCUT2D eigenvalue weighted by molar-refractivity contribution is 0.0650. The lowest BCUT2D eigenvalue weighted by atomic mass is 9.88. The molecule has 0 aliphatic rings. The van der Waals surface area contributed by atoms with Crippen molar-refractivity contribution in [1.29, 1.82) is 0 Å². The first-order chi connectivity index (χ1) is 10.4. The Morgan fingerprint density at radius 3 is 2.23 bits per heavy atom. The third-order valence-electron chi connectivity index (χ3n) is 3.53. The molecule has 0 heterocycles. The second-order valence-corrected chi connectivity index (χ2v) is 5.55. The monoisotopic (exact) mass is 318 g/mol. The van der Waals surface area contributed by atoms with Crippen LogP contribution < -0.4 is 0 Å². The van der Waals surface area contributed by atoms with Crippen LogP contribution in [0.15, 0.2) is 42.5 Å². The first-order valence-corrected chi connectivity index (χ1v) is 7.12. The van der Waals surface area contributed by atoms with Gasteiger partial charge in [-0.1, -0.05) is 42.8 Å². The Hall–Kier alpha value is -2.33. The molecule has 0 bridgehead atoms. The summed E-state index contributed by atoms with van der Waals surface area (Å²) >= 11 is 5.84. The van der Waals surface area contributed by atoms with Crippen LogP contribution in [0, 0.1) is 0 Å². The van der Waals surface area contributed by atoms with Crippen LogP contribution in [0.3, 0.4) is 0 Å². The fourth-order valence-corrected chi connectivity index (χ4v) is 2.61. The van der Waals surface area contributed by atoms with E-state index in [1.54, 1.807) is 24.3 Å². The molecule has 0 saturated heterocycles. The Bertz CT molecular complexity index is 707. The van der Waals surface area contributed by atoms with Crippen LogP contribution in [0.2, 0.25) is 5.02 Å². The normalized spacial score (nSPS) is 11.9. The standard InChI is InChI=1S/C17H15ClO4/c1-10(9-11-5-7-12(18)8-6-11)13-3-2-4-14(16(19)20)15(13)17(21)22/h2-8,10H,9H2,1H3,(H,19,20)(H,21,22). The average molecular weight is 319 g/mol. The van der Waals surface area contributed by atoms with Crippen molar-refractivity contribution in [3.05, 3.63) is 69.7 Å². The largest absolute Gasteiger partial charge is 0.478 e. The van der Waals surface area contributed by atoms with Gasteiger partial charge in [0.05, 0.1) is 11.1 Å². The Labute approximate surface area is 133 Å². The molecule has 2 aromatic carbocycles. The van der Waals surface area contributed by atoms with Crippen molar-refractivity contribution in [3.63, 3.8) is 0 Å². The summed E-state index contributed by atoms with van der Waals surface area (Å²) in [5.41, 5.74) is 1.20. The van der Waals surface area contributed by atoms with E-state index in [-0.39, 0.29) is 17.0 Å². The van der Waals surface area contributed by atoms with Gasteiger partial charge < -0.3 is 10.2 Å². The third-order valence-corrected chi connectivity index (χ3v) is 3.78. The maximum absolute atomic E-state index is 11.5. The number of hydrogen-bond donors (Lipinski definition) is 2. The van der Waals surface area contributed by atoms with Gasteiger partial charge in [-0.2, -0.15) is 0 Å². The minimum atomic E-state index is -1.24. The van der Waals surface area contributed by atoms with Gasteiger partial charge in [-0.25, -0.2) is 9.59 Å². The molecule has 0 amide bonds. The highest BCUT2D eigenvalue weighted by Gasteiger charge is 2.22. The molecule has 0 aliphatic heterocycles. The smallest absolute Gasteiger partial charge is 0.336 e. The minimum absolute atomic E-state index is 0.133.